The minimum atomic E-state index is 0.310. The molecule has 22 heavy (non-hydrogen) atoms. The van der Waals surface area contributed by atoms with Gasteiger partial charge in [0.2, 0.25) is 5.91 Å². The molecule has 1 amide bonds. The molecule has 3 nitrogen and oxygen atoms in total. The van der Waals surface area contributed by atoms with Crippen LogP contribution in [-0.2, 0) is 4.79 Å². The summed E-state index contributed by atoms with van der Waals surface area (Å²) >= 11 is 0. The molecule has 0 bridgehead atoms. The molecule has 2 heterocycles. The van der Waals surface area contributed by atoms with Crippen LogP contribution in [0.25, 0.3) is 16.5 Å². The molecule has 0 radical (unpaired) electrons. The summed E-state index contributed by atoms with van der Waals surface area (Å²) in [5, 5.41) is 1.30. The molecule has 3 heteroatoms. The number of hydrogen-bond acceptors (Lipinski definition) is 1. The highest BCUT2D eigenvalue weighted by Crippen LogP contribution is 2.34. The number of benzene rings is 1. The van der Waals surface area contributed by atoms with Crippen LogP contribution in [0.15, 0.2) is 30.3 Å². The highest BCUT2D eigenvalue weighted by molar-refractivity contribution is 5.94. The molecule has 0 spiro atoms. The van der Waals surface area contributed by atoms with E-state index in [9.17, 15) is 4.79 Å². The third-order valence-corrected chi connectivity index (χ3v) is 5.19. The molecule has 1 saturated carbocycles. The lowest BCUT2D eigenvalue weighted by Gasteiger charge is -2.33. The zero-order valence-electron chi connectivity index (χ0n) is 13.1. The molecule has 1 aliphatic carbocycles. The molecule has 114 valence electrons. The van der Waals surface area contributed by atoms with Crippen molar-refractivity contribution in [2.75, 3.05) is 13.1 Å². The molecule has 1 aromatic heterocycles. The summed E-state index contributed by atoms with van der Waals surface area (Å²) in [6.07, 6.45) is 6.62. The maximum Gasteiger partial charge on any atom is 0.225 e. The van der Waals surface area contributed by atoms with Gasteiger partial charge in [0, 0.05) is 41.2 Å². The monoisotopic (exact) mass is 294 g/mol. The average molecular weight is 294 g/mol. The number of para-hydroxylation sites is 1. The zero-order chi connectivity index (χ0) is 15.1. The Morgan fingerprint density at radius 2 is 2.09 bits per heavy atom. The number of aryl methyl sites for hydroxylation is 1. The molecule has 0 saturated heterocycles. The molecule has 2 aliphatic rings. The smallest absolute Gasteiger partial charge is 0.225 e. The zero-order valence-corrected chi connectivity index (χ0v) is 13.1. The summed E-state index contributed by atoms with van der Waals surface area (Å²) < 4.78 is 0. The van der Waals surface area contributed by atoms with E-state index in [0.717, 1.165) is 32.4 Å². The van der Waals surface area contributed by atoms with Gasteiger partial charge in [-0.2, -0.15) is 0 Å². The van der Waals surface area contributed by atoms with Crippen LogP contribution in [-0.4, -0.2) is 28.9 Å². The van der Waals surface area contributed by atoms with Crippen LogP contribution >= 0.6 is 0 Å². The van der Waals surface area contributed by atoms with Crippen LogP contribution in [0.4, 0.5) is 0 Å². The first-order chi connectivity index (χ1) is 10.7. The summed E-state index contributed by atoms with van der Waals surface area (Å²) in [5.74, 6) is 0.682. The standard InChI is InChI=1S/C19H22N2O/c1-13-18(16-7-2-3-8-17(16)20-13)14-9-11-21(12-10-14)19(22)15-5-4-6-15/h2-3,7-9,15,20H,4-6,10-12H2,1H3. The third-order valence-electron chi connectivity index (χ3n) is 5.19. The number of carbonyl (C=O) groups excluding carboxylic acids is 1. The molecule has 2 aromatic rings. The van der Waals surface area contributed by atoms with Crippen LogP contribution in [0.1, 0.15) is 36.9 Å². The first-order valence-electron chi connectivity index (χ1n) is 8.29. The number of amides is 1. The third kappa shape index (κ3) is 2.16. The van der Waals surface area contributed by atoms with Gasteiger partial charge in [0.15, 0.2) is 0 Å². The average Bonchev–Trinajstić information content (AvgIpc) is 2.81. The van der Waals surface area contributed by atoms with Gasteiger partial charge < -0.3 is 9.88 Å². The van der Waals surface area contributed by atoms with Gasteiger partial charge in [0.25, 0.3) is 0 Å². The Balaban J connectivity index is 1.60. The second-order valence-corrected chi connectivity index (χ2v) is 6.56. The molecular formula is C19H22N2O. The van der Waals surface area contributed by atoms with E-state index in [1.807, 2.05) is 4.90 Å². The van der Waals surface area contributed by atoms with Crippen molar-refractivity contribution in [2.45, 2.75) is 32.6 Å². The summed E-state index contributed by atoms with van der Waals surface area (Å²) in [4.78, 5) is 17.9. The summed E-state index contributed by atoms with van der Waals surface area (Å²) in [7, 11) is 0. The number of aromatic nitrogens is 1. The first kappa shape index (κ1) is 13.6. The van der Waals surface area contributed by atoms with Crippen molar-refractivity contribution in [3.63, 3.8) is 0 Å². The van der Waals surface area contributed by atoms with E-state index < -0.39 is 0 Å². The van der Waals surface area contributed by atoms with E-state index in [-0.39, 0.29) is 0 Å². The van der Waals surface area contributed by atoms with Gasteiger partial charge in [-0.3, -0.25) is 4.79 Å². The van der Waals surface area contributed by atoms with Crippen molar-refractivity contribution in [3.8, 4) is 0 Å². The van der Waals surface area contributed by atoms with Gasteiger partial charge in [-0.15, -0.1) is 0 Å². The lowest BCUT2D eigenvalue weighted by Crippen LogP contribution is -2.41. The summed E-state index contributed by atoms with van der Waals surface area (Å²) in [5.41, 5.74) is 5.15. The fraction of sp³-hybridized carbons (Fsp3) is 0.421. The molecule has 0 atom stereocenters. The quantitative estimate of drug-likeness (QED) is 0.896. The maximum absolute atomic E-state index is 12.3. The van der Waals surface area contributed by atoms with Crippen molar-refractivity contribution < 1.29 is 4.79 Å². The number of aromatic amines is 1. The predicted octanol–water partition coefficient (Wildman–Crippen LogP) is 3.89. The highest BCUT2D eigenvalue weighted by atomic mass is 16.2. The number of H-pyrrole nitrogens is 1. The predicted molar refractivity (Wildman–Crippen MR) is 89.6 cm³/mol. The van der Waals surface area contributed by atoms with Crippen molar-refractivity contribution >= 4 is 22.4 Å². The number of hydrogen-bond donors (Lipinski definition) is 1. The van der Waals surface area contributed by atoms with Gasteiger partial charge in [-0.25, -0.2) is 0 Å². The Morgan fingerprint density at radius 3 is 2.77 bits per heavy atom. The van der Waals surface area contributed by atoms with Crippen LogP contribution in [0.3, 0.4) is 0 Å². The number of nitrogens with one attached hydrogen (secondary N) is 1. The van der Waals surface area contributed by atoms with Crippen LogP contribution < -0.4 is 0 Å². The molecular weight excluding hydrogens is 272 g/mol. The largest absolute Gasteiger partial charge is 0.358 e. The minimum Gasteiger partial charge on any atom is -0.358 e. The van der Waals surface area contributed by atoms with Gasteiger partial charge in [-0.1, -0.05) is 30.7 Å². The summed E-state index contributed by atoms with van der Waals surface area (Å²) in [6, 6.07) is 8.47. The van der Waals surface area contributed by atoms with E-state index >= 15 is 0 Å². The van der Waals surface area contributed by atoms with Gasteiger partial charge in [-0.05, 0) is 37.8 Å². The Labute approximate surface area is 131 Å². The molecule has 1 fully saturated rings. The molecule has 1 N–H and O–H groups in total. The summed E-state index contributed by atoms with van der Waals surface area (Å²) in [6.45, 7) is 3.77. The van der Waals surface area contributed by atoms with Crippen molar-refractivity contribution in [1.82, 2.24) is 9.88 Å². The lowest BCUT2D eigenvalue weighted by atomic mass is 9.84. The molecule has 0 unspecified atom stereocenters. The van der Waals surface area contributed by atoms with Gasteiger partial charge in [0.05, 0.1) is 0 Å². The SMILES string of the molecule is Cc1[nH]c2ccccc2c1C1=CCN(C(=O)C2CCC2)CC1. The van der Waals surface area contributed by atoms with E-state index in [2.05, 4.69) is 42.2 Å². The van der Waals surface area contributed by atoms with Gasteiger partial charge >= 0.3 is 0 Å². The van der Waals surface area contributed by atoms with E-state index in [0.29, 0.717) is 11.8 Å². The first-order valence-corrected chi connectivity index (χ1v) is 8.29. The normalized spacial score (nSPS) is 19.1. The van der Waals surface area contributed by atoms with Crippen molar-refractivity contribution in [3.05, 3.63) is 41.6 Å². The molecule has 1 aliphatic heterocycles. The molecule has 4 rings (SSSR count). The molecule has 1 aromatic carbocycles. The van der Waals surface area contributed by atoms with Crippen molar-refractivity contribution in [2.24, 2.45) is 5.92 Å². The number of carbonyl (C=O) groups is 1. The van der Waals surface area contributed by atoms with Gasteiger partial charge in [0.1, 0.15) is 0 Å². The van der Waals surface area contributed by atoms with Crippen LogP contribution in [0.2, 0.25) is 0 Å². The van der Waals surface area contributed by atoms with E-state index in [4.69, 9.17) is 0 Å². The number of nitrogens with zero attached hydrogens (tertiary/aromatic N) is 1. The Bertz CT molecular complexity index is 752. The lowest BCUT2D eigenvalue weighted by molar-refractivity contribution is -0.137. The van der Waals surface area contributed by atoms with Crippen molar-refractivity contribution in [1.29, 1.82) is 0 Å². The second-order valence-electron chi connectivity index (χ2n) is 6.56. The Morgan fingerprint density at radius 1 is 1.27 bits per heavy atom. The number of rotatable bonds is 2. The van der Waals surface area contributed by atoms with E-state index in [1.54, 1.807) is 0 Å². The van der Waals surface area contributed by atoms with Crippen LogP contribution in [0, 0.1) is 12.8 Å². The second kappa shape index (κ2) is 5.31. The van der Waals surface area contributed by atoms with Crippen LogP contribution in [0.5, 0.6) is 0 Å². The fourth-order valence-electron chi connectivity index (χ4n) is 3.70. The topological polar surface area (TPSA) is 36.1 Å². The van der Waals surface area contributed by atoms with E-state index in [1.165, 1.54) is 34.2 Å². The maximum atomic E-state index is 12.3. The number of fused-ring (bicyclic) bond motifs is 1. The minimum absolute atomic E-state index is 0.310. The Kier molecular flexibility index (Phi) is 3.29. The highest BCUT2D eigenvalue weighted by Gasteiger charge is 2.30. The Hall–Kier alpha value is -2.03. The fourth-order valence-corrected chi connectivity index (χ4v) is 3.70.